The molecule has 0 unspecified atom stereocenters. The third-order valence-electron chi connectivity index (χ3n) is 2.34. The third kappa shape index (κ3) is 3.54. The Hall–Kier alpha value is -2.37. The second kappa shape index (κ2) is 5.99. The lowest BCUT2D eigenvalue weighted by atomic mass is 10.2. The summed E-state index contributed by atoms with van der Waals surface area (Å²) in [5.74, 6) is 1.10. The molecule has 0 saturated heterocycles. The normalized spacial score (nSPS) is 10.1. The first-order valence-corrected chi connectivity index (χ1v) is 5.99. The first-order valence-electron chi connectivity index (χ1n) is 5.99. The van der Waals surface area contributed by atoms with Gasteiger partial charge < -0.3 is 14.8 Å². The molecule has 0 spiro atoms. The molecule has 0 amide bonds. The summed E-state index contributed by atoms with van der Waals surface area (Å²) in [6.45, 7) is 4.67. The van der Waals surface area contributed by atoms with Gasteiger partial charge in [0.1, 0.15) is 5.75 Å². The molecule has 0 atom stereocenters. The van der Waals surface area contributed by atoms with Gasteiger partial charge in [0.15, 0.2) is 0 Å². The molecule has 0 aliphatic heterocycles. The van der Waals surface area contributed by atoms with Gasteiger partial charge >= 0.3 is 12.0 Å². The van der Waals surface area contributed by atoms with E-state index in [9.17, 15) is 0 Å². The van der Waals surface area contributed by atoms with Crippen LogP contribution in [0.2, 0.25) is 0 Å². The first-order chi connectivity index (χ1) is 9.21. The summed E-state index contributed by atoms with van der Waals surface area (Å²) in [6, 6.07) is 8.05. The molecule has 0 aliphatic carbocycles. The fourth-order valence-corrected chi connectivity index (χ4v) is 1.42. The molecule has 0 saturated carbocycles. The molecule has 1 N–H and O–H groups in total. The molecule has 0 bridgehead atoms. The van der Waals surface area contributed by atoms with Gasteiger partial charge in [-0.15, -0.1) is 4.98 Å². The molecule has 1 heterocycles. The third-order valence-corrected chi connectivity index (χ3v) is 2.34. The van der Waals surface area contributed by atoms with Gasteiger partial charge in [-0.25, -0.2) is 0 Å². The van der Waals surface area contributed by atoms with Gasteiger partial charge in [0.05, 0.1) is 7.11 Å². The predicted octanol–water partition coefficient (Wildman–Crippen LogP) is 2.41. The number of nitrogens with zero attached hydrogens (tertiary/aromatic N) is 3. The predicted molar refractivity (Wildman–Crippen MR) is 71.8 cm³/mol. The van der Waals surface area contributed by atoms with Crippen LogP contribution in [0.15, 0.2) is 24.3 Å². The van der Waals surface area contributed by atoms with E-state index in [0.717, 1.165) is 5.56 Å². The fourth-order valence-electron chi connectivity index (χ4n) is 1.42. The molecule has 1 aromatic carbocycles. The molecule has 2 aromatic rings. The van der Waals surface area contributed by atoms with Crippen LogP contribution in [0.4, 0.5) is 5.95 Å². The highest BCUT2D eigenvalue weighted by Gasteiger charge is 2.08. The Balaban J connectivity index is 2.23. The zero-order valence-electron chi connectivity index (χ0n) is 11.2. The minimum Gasteiger partial charge on any atom is -0.467 e. The van der Waals surface area contributed by atoms with E-state index in [1.54, 1.807) is 0 Å². The number of hydrogen-bond acceptors (Lipinski definition) is 6. The highest BCUT2D eigenvalue weighted by molar-refractivity contribution is 5.31. The van der Waals surface area contributed by atoms with Gasteiger partial charge in [-0.1, -0.05) is 17.7 Å². The van der Waals surface area contributed by atoms with Crippen LogP contribution in [0.25, 0.3) is 0 Å². The van der Waals surface area contributed by atoms with Gasteiger partial charge in [-0.2, -0.15) is 9.97 Å². The minimum absolute atomic E-state index is 0.201. The number of anilines is 1. The van der Waals surface area contributed by atoms with E-state index < -0.39 is 0 Å². The van der Waals surface area contributed by atoms with Crippen LogP contribution in [-0.2, 0) is 0 Å². The van der Waals surface area contributed by atoms with Gasteiger partial charge in [-0.05, 0) is 26.0 Å². The van der Waals surface area contributed by atoms with Crippen LogP contribution in [0.1, 0.15) is 12.5 Å². The number of hydrogen-bond donors (Lipinski definition) is 1. The van der Waals surface area contributed by atoms with Crippen LogP contribution < -0.4 is 14.8 Å². The largest absolute Gasteiger partial charge is 0.467 e. The summed E-state index contributed by atoms with van der Waals surface area (Å²) in [5.41, 5.74) is 1.16. The lowest BCUT2D eigenvalue weighted by Gasteiger charge is -2.07. The van der Waals surface area contributed by atoms with E-state index in [1.165, 1.54) is 7.11 Å². The van der Waals surface area contributed by atoms with Crippen molar-refractivity contribution in [2.45, 2.75) is 13.8 Å². The fraction of sp³-hybridized carbons (Fsp3) is 0.308. The van der Waals surface area contributed by atoms with Crippen molar-refractivity contribution in [3.8, 4) is 17.8 Å². The topological polar surface area (TPSA) is 69.2 Å². The molecular formula is C13H16N4O2. The zero-order chi connectivity index (χ0) is 13.7. The second-order valence-electron chi connectivity index (χ2n) is 3.87. The number of rotatable bonds is 5. The Bertz CT molecular complexity index is 543. The highest BCUT2D eigenvalue weighted by Crippen LogP contribution is 2.20. The molecule has 2 rings (SSSR count). The van der Waals surface area contributed by atoms with E-state index in [-0.39, 0.29) is 12.0 Å². The van der Waals surface area contributed by atoms with Gasteiger partial charge in [0.25, 0.3) is 0 Å². The van der Waals surface area contributed by atoms with E-state index in [1.807, 2.05) is 38.1 Å². The quantitative estimate of drug-likeness (QED) is 0.890. The van der Waals surface area contributed by atoms with E-state index in [0.29, 0.717) is 18.2 Å². The SMILES string of the molecule is CCNc1nc(OC)nc(Oc2ccc(C)cc2)n1. The van der Waals surface area contributed by atoms with Gasteiger partial charge in [-0.3, -0.25) is 0 Å². The maximum absolute atomic E-state index is 5.58. The van der Waals surface area contributed by atoms with Crippen LogP contribution in [0, 0.1) is 6.92 Å². The van der Waals surface area contributed by atoms with Crippen LogP contribution in [0.5, 0.6) is 17.8 Å². The van der Waals surface area contributed by atoms with Crippen molar-refractivity contribution >= 4 is 5.95 Å². The summed E-state index contributed by atoms with van der Waals surface area (Å²) in [5, 5.41) is 3.00. The molecular weight excluding hydrogens is 244 g/mol. The molecule has 0 fully saturated rings. The lowest BCUT2D eigenvalue weighted by Crippen LogP contribution is -2.06. The monoisotopic (exact) mass is 260 g/mol. The molecule has 19 heavy (non-hydrogen) atoms. The molecule has 0 aliphatic rings. The average molecular weight is 260 g/mol. The summed E-state index contributed by atoms with van der Waals surface area (Å²) in [7, 11) is 1.50. The van der Waals surface area contributed by atoms with Crippen molar-refractivity contribution in [2.75, 3.05) is 19.0 Å². The number of aryl methyl sites for hydroxylation is 1. The highest BCUT2D eigenvalue weighted by atomic mass is 16.5. The standard InChI is InChI=1S/C13H16N4O2/c1-4-14-11-15-12(18-3)17-13(16-11)19-10-7-5-9(2)6-8-10/h5-8H,4H2,1-3H3,(H,14,15,16,17). The summed E-state index contributed by atoms with van der Waals surface area (Å²) < 4.78 is 10.6. The molecule has 6 nitrogen and oxygen atoms in total. The lowest BCUT2D eigenvalue weighted by molar-refractivity contribution is 0.360. The van der Waals surface area contributed by atoms with Crippen molar-refractivity contribution in [3.05, 3.63) is 29.8 Å². The van der Waals surface area contributed by atoms with Crippen LogP contribution >= 0.6 is 0 Å². The summed E-state index contributed by atoms with van der Waals surface area (Å²) >= 11 is 0. The maximum atomic E-state index is 5.58. The molecule has 6 heteroatoms. The number of ether oxygens (including phenoxy) is 2. The van der Waals surface area contributed by atoms with E-state index in [2.05, 4.69) is 20.3 Å². The van der Waals surface area contributed by atoms with Crippen LogP contribution in [-0.4, -0.2) is 28.6 Å². The smallest absolute Gasteiger partial charge is 0.330 e. The summed E-state index contributed by atoms with van der Waals surface area (Å²) in [6.07, 6.45) is 0. The van der Waals surface area contributed by atoms with Crippen molar-refractivity contribution in [2.24, 2.45) is 0 Å². The molecule has 0 radical (unpaired) electrons. The van der Waals surface area contributed by atoms with E-state index >= 15 is 0 Å². The average Bonchev–Trinajstić information content (AvgIpc) is 2.41. The Morgan fingerprint density at radius 3 is 2.37 bits per heavy atom. The Kier molecular flexibility index (Phi) is 4.12. The van der Waals surface area contributed by atoms with Crippen molar-refractivity contribution in [3.63, 3.8) is 0 Å². The van der Waals surface area contributed by atoms with Crippen LogP contribution in [0.3, 0.4) is 0 Å². The maximum Gasteiger partial charge on any atom is 0.330 e. The number of benzene rings is 1. The minimum atomic E-state index is 0.201. The second-order valence-corrected chi connectivity index (χ2v) is 3.87. The Labute approximate surface area is 111 Å². The Morgan fingerprint density at radius 2 is 1.74 bits per heavy atom. The number of methoxy groups -OCH3 is 1. The summed E-state index contributed by atoms with van der Waals surface area (Å²) in [4.78, 5) is 12.3. The van der Waals surface area contributed by atoms with E-state index in [4.69, 9.17) is 9.47 Å². The Morgan fingerprint density at radius 1 is 1.05 bits per heavy atom. The van der Waals surface area contributed by atoms with Crippen molar-refractivity contribution in [1.29, 1.82) is 0 Å². The molecule has 100 valence electrons. The van der Waals surface area contributed by atoms with Gasteiger partial charge in [0, 0.05) is 6.54 Å². The molecule has 1 aromatic heterocycles. The number of nitrogens with one attached hydrogen (secondary N) is 1. The zero-order valence-corrected chi connectivity index (χ0v) is 11.2. The van der Waals surface area contributed by atoms with Crippen molar-refractivity contribution in [1.82, 2.24) is 15.0 Å². The number of aromatic nitrogens is 3. The first kappa shape index (κ1) is 13.1. The van der Waals surface area contributed by atoms with Gasteiger partial charge in [0.2, 0.25) is 5.95 Å². The van der Waals surface area contributed by atoms with Crippen molar-refractivity contribution < 1.29 is 9.47 Å².